The Morgan fingerprint density at radius 1 is 1.25 bits per heavy atom. The summed E-state index contributed by atoms with van der Waals surface area (Å²) in [4.78, 5) is 5.19. The summed E-state index contributed by atoms with van der Waals surface area (Å²) in [7, 11) is -3.12. The number of aliphatic hydroxyl groups excluding tert-OH is 1. The molecule has 0 bridgehead atoms. The second-order valence-corrected chi connectivity index (χ2v) is 8.10. The molecule has 24 heavy (non-hydrogen) atoms. The monoisotopic (exact) mass is 353 g/mol. The van der Waals surface area contributed by atoms with E-state index in [-0.39, 0.29) is 6.61 Å². The first-order chi connectivity index (χ1) is 11.4. The van der Waals surface area contributed by atoms with Gasteiger partial charge in [-0.2, -0.15) is 4.31 Å². The minimum absolute atomic E-state index is 0.205. The first-order valence-corrected chi connectivity index (χ1v) is 9.83. The van der Waals surface area contributed by atoms with Gasteiger partial charge in [-0.1, -0.05) is 6.07 Å². The number of nitrogens with zero attached hydrogens (tertiary/aromatic N) is 2. The highest BCUT2D eigenvalue weighted by Crippen LogP contribution is 2.24. The minimum Gasteiger partial charge on any atom is -0.490 e. The number of β-amino-alcohol motifs (C(OH)–C–C–N with tert-alkyl or cyclic N) is 1. The summed E-state index contributed by atoms with van der Waals surface area (Å²) in [6, 6.07) is 7.71. The highest BCUT2D eigenvalue weighted by atomic mass is 32.2. The zero-order valence-electron chi connectivity index (χ0n) is 13.7. The van der Waals surface area contributed by atoms with E-state index in [2.05, 4.69) is 9.88 Å². The van der Waals surface area contributed by atoms with Crippen LogP contribution in [0.15, 0.2) is 30.5 Å². The van der Waals surface area contributed by atoms with Gasteiger partial charge in [-0.15, -0.1) is 0 Å². The number of rotatable bonds is 6. The van der Waals surface area contributed by atoms with Crippen LogP contribution in [0.4, 0.5) is 0 Å². The van der Waals surface area contributed by atoms with Crippen molar-refractivity contribution in [3.8, 4) is 5.75 Å². The van der Waals surface area contributed by atoms with Gasteiger partial charge in [0.15, 0.2) is 0 Å². The fourth-order valence-corrected chi connectivity index (χ4v) is 3.79. The second kappa shape index (κ2) is 7.10. The molecule has 1 aromatic heterocycles. The van der Waals surface area contributed by atoms with Crippen LogP contribution < -0.4 is 4.74 Å². The lowest BCUT2D eigenvalue weighted by atomic mass is 10.2. The number of aliphatic hydroxyl groups is 1. The average Bonchev–Trinajstić information content (AvgIpc) is 3.01. The lowest BCUT2D eigenvalue weighted by Crippen LogP contribution is -2.50. The molecule has 2 N–H and O–H groups in total. The topological polar surface area (TPSA) is 85.9 Å². The fourth-order valence-electron chi connectivity index (χ4n) is 2.96. The number of sulfonamides is 1. The molecule has 1 fully saturated rings. The Bertz CT molecular complexity index is 781. The molecule has 0 radical (unpaired) electrons. The normalized spacial score (nSPS) is 18.8. The average molecular weight is 353 g/mol. The molecule has 1 aromatic carbocycles. The maximum Gasteiger partial charge on any atom is 0.211 e. The fraction of sp³-hybridized carbons (Fsp3) is 0.500. The molecule has 7 nitrogen and oxygen atoms in total. The highest BCUT2D eigenvalue weighted by molar-refractivity contribution is 7.88. The maximum absolute atomic E-state index is 11.5. The van der Waals surface area contributed by atoms with Gasteiger partial charge < -0.3 is 14.8 Å². The summed E-state index contributed by atoms with van der Waals surface area (Å²) >= 11 is 0. The number of fused-ring (bicyclic) bond motifs is 1. The molecule has 0 saturated carbocycles. The molecule has 3 rings (SSSR count). The molecule has 1 atom stereocenters. The summed E-state index contributed by atoms with van der Waals surface area (Å²) in [5.41, 5.74) is 0.999. The van der Waals surface area contributed by atoms with Crippen LogP contribution in [-0.2, 0) is 10.0 Å². The van der Waals surface area contributed by atoms with Gasteiger partial charge in [0.2, 0.25) is 10.0 Å². The van der Waals surface area contributed by atoms with Crippen LogP contribution in [-0.4, -0.2) is 79.4 Å². The summed E-state index contributed by atoms with van der Waals surface area (Å²) in [5.74, 6) is 0.745. The van der Waals surface area contributed by atoms with Crippen LogP contribution in [0.5, 0.6) is 5.75 Å². The summed E-state index contributed by atoms with van der Waals surface area (Å²) < 4.78 is 30.2. The lowest BCUT2D eigenvalue weighted by molar-refractivity contribution is 0.0574. The number of hydrogen-bond acceptors (Lipinski definition) is 5. The third-order valence-electron chi connectivity index (χ3n) is 4.26. The lowest BCUT2D eigenvalue weighted by Gasteiger charge is -2.34. The van der Waals surface area contributed by atoms with Gasteiger partial charge in [0.05, 0.1) is 6.26 Å². The van der Waals surface area contributed by atoms with Crippen LogP contribution >= 0.6 is 0 Å². The quantitative estimate of drug-likeness (QED) is 0.789. The number of H-pyrrole nitrogens is 1. The van der Waals surface area contributed by atoms with E-state index >= 15 is 0 Å². The zero-order valence-corrected chi connectivity index (χ0v) is 14.5. The Morgan fingerprint density at radius 2 is 2.00 bits per heavy atom. The van der Waals surface area contributed by atoms with E-state index in [0.29, 0.717) is 32.7 Å². The predicted molar refractivity (Wildman–Crippen MR) is 92.7 cm³/mol. The summed E-state index contributed by atoms with van der Waals surface area (Å²) in [6.45, 7) is 2.86. The first-order valence-electron chi connectivity index (χ1n) is 7.98. The van der Waals surface area contributed by atoms with Crippen molar-refractivity contribution in [3.63, 3.8) is 0 Å². The van der Waals surface area contributed by atoms with Gasteiger partial charge in [0, 0.05) is 49.8 Å². The van der Waals surface area contributed by atoms with Gasteiger partial charge in [0.25, 0.3) is 0 Å². The van der Waals surface area contributed by atoms with Crippen molar-refractivity contribution >= 4 is 20.9 Å². The summed E-state index contributed by atoms with van der Waals surface area (Å²) in [5, 5.41) is 11.2. The molecule has 0 spiro atoms. The molecule has 2 aromatic rings. The molecule has 2 heterocycles. The number of aromatic amines is 1. The third kappa shape index (κ3) is 4.07. The Hall–Kier alpha value is -1.61. The first kappa shape index (κ1) is 17.2. The third-order valence-corrected chi connectivity index (χ3v) is 5.56. The van der Waals surface area contributed by atoms with Crippen molar-refractivity contribution < 1.29 is 18.3 Å². The van der Waals surface area contributed by atoms with Gasteiger partial charge in [-0.05, 0) is 18.2 Å². The van der Waals surface area contributed by atoms with E-state index in [1.54, 1.807) is 0 Å². The Balaban J connectivity index is 1.48. The molecule has 1 unspecified atom stereocenters. The molecule has 0 aliphatic carbocycles. The van der Waals surface area contributed by atoms with E-state index in [9.17, 15) is 13.5 Å². The SMILES string of the molecule is CS(=O)(=O)N1CCN(CC(O)COc2cccc3[nH]ccc23)CC1. The molecule has 132 valence electrons. The standard InChI is InChI=1S/C16H23N3O4S/c1-24(21,22)19-9-7-18(8-10-19)11-13(20)12-23-16-4-2-3-15-14(16)5-6-17-15/h2-6,13,17,20H,7-12H2,1H3. The van der Waals surface area contributed by atoms with E-state index in [0.717, 1.165) is 16.7 Å². The van der Waals surface area contributed by atoms with Crippen molar-refractivity contribution in [2.75, 3.05) is 45.6 Å². The minimum atomic E-state index is -3.12. The smallest absolute Gasteiger partial charge is 0.211 e. The molecule has 1 saturated heterocycles. The Kier molecular flexibility index (Phi) is 5.09. The molecule has 1 aliphatic heterocycles. The number of nitrogens with one attached hydrogen (secondary N) is 1. The van der Waals surface area contributed by atoms with Crippen molar-refractivity contribution in [1.29, 1.82) is 0 Å². The highest BCUT2D eigenvalue weighted by Gasteiger charge is 2.24. The Morgan fingerprint density at radius 3 is 2.71 bits per heavy atom. The van der Waals surface area contributed by atoms with Crippen LogP contribution in [0.2, 0.25) is 0 Å². The number of piperazine rings is 1. The van der Waals surface area contributed by atoms with Crippen LogP contribution in [0.1, 0.15) is 0 Å². The zero-order chi connectivity index (χ0) is 17.2. The number of benzene rings is 1. The number of hydrogen-bond donors (Lipinski definition) is 2. The van der Waals surface area contributed by atoms with Gasteiger partial charge in [0.1, 0.15) is 18.5 Å². The van der Waals surface area contributed by atoms with Crippen LogP contribution in [0, 0.1) is 0 Å². The predicted octanol–water partition coefficient (Wildman–Crippen LogP) is 0.485. The molecular weight excluding hydrogens is 330 g/mol. The molecule has 0 amide bonds. The van der Waals surface area contributed by atoms with Gasteiger partial charge in [-0.3, -0.25) is 4.90 Å². The van der Waals surface area contributed by atoms with Crippen LogP contribution in [0.25, 0.3) is 10.9 Å². The van der Waals surface area contributed by atoms with Gasteiger partial charge in [-0.25, -0.2) is 8.42 Å². The summed E-state index contributed by atoms with van der Waals surface area (Å²) in [6.07, 6.45) is 2.46. The van der Waals surface area contributed by atoms with E-state index in [1.165, 1.54) is 10.6 Å². The molecule has 8 heteroatoms. The van der Waals surface area contributed by atoms with Crippen LogP contribution in [0.3, 0.4) is 0 Å². The largest absolute Gasteiger partial charge is 0.490 e. The van der Waals surface area contributed by atoms with E-state index in [4.69, 9.17) is 4.74 Å². The van der Waals surface area contributed by atoms with Crippen molar-refractivity contribution in [2.24, 2.45) is 0 Å². The maximum atomic E-state index is 11.5. The number of aromatic nitrogens is 1. The van der Waals surface area contributed by atoms with Crippen molar-refractivity contribution in [1.82, 2.24) is 14.2 Å². The number of ether oxygens (including phenoxy) is 1. The van der Waals surface area contributed by atoms with E-state index in [1.807, 2.05) is 30.5 Å². The second-order valence-electron chi connectivity index (χ2n) is 6.12. The van der Waals surface area contributed by atoms with E-state index < -0.39 is 16.1 Å². The van der Waals surface area contributed by atoms with Crippen molar-refractivity contribution in [2.45, 2.75) is 6.10 Å². The molecule has 1 aliphatic rings. The molecular formula is C16H23N3O4S. The Labute approximate surface area is 141 Å². The van der Waals surface area contributed by atoms with Crippen molar-refractivity contribution in [3.05, 3.63) is 30.5 Å². The van der Waals surface area contributed by atoms with Gasteiger partial charge >= 0.3 is 0 Å².